The number of nitrogens with zero attached hydrogens (tertiary/aromatic N) is 2. The summed E-state index contributed by atoms with van der Waals surface area (Å²) in [5, 5.41) is 4.59. The zero-order chi connectivity index (χ0) is 18.9. The highest BCUT2D eigenvalue weighted by Gasteiger charge is 2.52. The standard InChI is InChI=1S/C20H22Cl2N2O2/c1-13-4-6-16(7-5-13)11-24-15(3)18(14(2)23-24)8-9-19(25)26-12-17-10-20(17,21)22/h4-9,17H,10-12H2,1-3H3. The van der Waals surface area contributed by atoms with Crippen LogP contribution in [0.3, 0.4) is 0 Å². The number of halogens is 2. The van der Waals surface area contributed by atoms with Crippen LogP contribution in [0.4, 0.5) is 0 Å². The molecular weight excluding hydrogens is 371 g/mol. The second kappa shape index (κ2) is 7.45. The third-order valence-electron chi connectivity index (χ3n) is 4.66. The van der Waals surface area contributed by atoms with E-state index in [4.69, 9.17) is 27.9 Å². The molecule has 0 radical (unpaired) electrons. The monoisotopic (exact) mass is 392 g/mol. The molecule has 1 unspecified atom stereocenters. The number of carbonyl (C=O) groups excluding carboxylic acids is 1. The smallest absolute Gasteiger partial charge is 0.330 e. The number of alkyl halides is 2. The Labute approximate surface area is 163 Å². The Morgan fingerprint density at radius 2 is 1.96 bits per heavy atom. The van der Waals surface area contributed by atoms with Crippen molar-refractivity contribution in [1.29, 1.82) is 0 Å². The van der Waals surface area contributed by atoms with Crippen LogP contribution in [-0.2, 0) is 16.1 Å². The molecule has 0 bridgehead atoms. The molecule has 1 heterocycles. The predicted octanol–water partition coefficient (Wildman–Crippen LogP) is 4.61. The lowest BCUT2D eigenvalue weighted by atomic mass is 10.1. The summed E-state index contributed by atoms with van der Waals surface area (Å²) in [6, 6.07) is 8.39. The predicted molar refractivity (Wildman–Crippen MR) is 105 cm³/mol. The van der Waals surface area contributed by atoms with Crippen LogP contribution in [0, 0.1) is 26.7 Å². The van der Waals surface area contributed by atoms with E-state index < -0.39 is 10.3 Å². The molecular formula is C20H22Cl2N2O2. The Kier molecular flexibility index (Phi) is 5.44. The van der Waals surface area contributed by atoms with Crippen LogP contribution < -0.4 is 0 Å². The van der Waals surface area contributed by atoms with Gasteiger partial charge in [-0.1, -0.05) is 29.8 Å². The van der Waals surface area contributed by atoms with E-state index in [0.717, 1.165) is 17.0 Å². The molecule has 4 nitrogen and oxygen atoms in total. The van der Waals surface area contributed by atoms with E-state index in [0.29, 0.717) is 13.0 Å². The van der Waals surface area contributed by atoms with Crippen molar-refractivity contribution in [3.8, 4) is 0 Å². The quantitative estimate of drug-likeness (QED) is 0.409. The molecule has 3 rings (SSSR count). The number of aromatic nitrogens is 2. The van der Waals surface area contributed by atoms with Gasteiger partial charge in [-0.15, -0.1) is 23.2 Å². The van der Waals surface area contributed by atoms with E-state index in [2.05, 4.69) is 36.3 Å². The zero-order valence-corrected chi connectivity index (χ0v) is 16.6. The fourth-order valence-electron chi connectivity index (χ4n) is 2.80. The van der Waals surface area contributed by atoms with Gasteiger partial charge in [-0.3, -0.25) is 4.68 Å². The Hall–Kier alpha value is -1.78. The molecule has 0 amide bonds. The van der Waals surface area contributed by atoms with Crippen LogP contribution in [0.5, 0.6) is 0 Å². The van der Waals surface area contributed by atoms with Crippen LogP contribution in [-0.4, -0.2) is 26.7 Å². The van der Waals surface area contributed by atoms with E-state index in [1.54, 1.807) is 6.08 Å². The molecule has 6 heteroatoms. The molecule has 1 saturated carbocycles. The highest BCUT2D eigenvalue weighted by molar-refractivity contribution is 6.50. The number of hydrogen-bond acceptors (Lipinski definition) is 3. The minimum atomic E-state index is -0.728. The van der Waals surface area contributed by atoms with E-state index in [1.807, 2.05) is 18.5 Å². The SMILES string of the molecule is Cc1ccc(Cn2nc(C)c(C=CC(=O)OCC3CC3(Cl)Cl)c2C)cc1. The Bertz CT molecular complexity index is 838. The normalized spacial score (nSPS) is 18.3. The van der Waals surface area contributed by atoms with Crippen LogP contribution in [0.15, 0.2) is 30.3 Å². The van der Waals surface area contributed by atoms with Gasteiger partial charge in [0.1, 0.15) is 4.33 Å². The first kappa shape index (κ1) is 19.0. The number of esters is 1. The number of rotatable bonds is 6. The Morgan fingerprint density at radius 3 is 2.58 bits per heavy atom. The number of ether oxygens (including phenoxy) is 1. The second-order valence-corrected chi connectivity index (χ2v) is 8.40. The van der Waals surface area contributed by atoms with Crippen molar-refractivity contribution < 1.29 is 9.53 Å². The summed E-state index contributed by atoms with van der Waals surface area (Å²) in [5.41, 5.74) is 5.24. The highest BCUT2D eigenvalue weighted by atomic mass is 35.5. The van der Waals surface area contributed by atoms with Gasteiger partial charge in [0.15, 0.2) is 0 Å². The summed E-state index contributed by atoms with van der Waals surface area (Å²) in [4.78, 5) is 11.9. The summed E-state index contributed by atoms with van der Waals surface area (Å²) in [6.45, 7) is 6.95. The Morgan fingerprint density at radius 1 is 1.31 bits per heavy atom. The largest absolute Gasteiger partial charge is 0.462 e. The van der Waals surface area contributed by atoms with Crippen molar-refractivity contribution in [2.24, 2.45) is 5.92 Å². The highest BCUT2D eigenvalue weighted by Crippen LogP contribution is 2.53. The van der Waals surface area contributed by atoms with Gasteiger partial charge in [-0.05, 0) is 38.8 Å². The molecule has 0 spiro atoms. The first-order chi connectivity index (χ1) is 12.3. The maximum Gasteiger partial charge on any atom is 0.330 e. The fourth-order valence-corrected chi connectivity index (χ4v) is 3.30. The summed E-state index contributed by atoms with van der Waals surface area (Å²) in [6.07, 6.45) is 3.85. The van der Waals surface area contributed by atoms with Crippen molar-refractivity contribution >= 4 is 35.2 Å². The molecule has 0 saturated heterocycles. The van der Waals surface area contributed by atoms with E-state index in [-0.39, 0.29) is 12.5 Å². The van der Waals surface area contributed by atoms with Gasteiger partial charge in [0, 0.05) is 23.3 Å². The number of aryl methyl sites for hydroxylation is 2. The van der Waals surface area contributed by atoms with Crippen LogP contribution in [0.1, 0.15) is 34.5 Å². The zero-order valence-electron chi connectivity index (χ0n) is 15.1. The molecule has 2 aromatic rings. The first-order valence-corrected chi connectivity index (χ1v) is 9.34. The number of hydrogen-bond donors (Lipinski definition) is 0. The van der Waals surface area contributed by atoms with Crippen molar-refractivity contribution in [2.75, 3.05) is 6.61 Å². The molecule has 1 atom stereocenters. The van der Waals surface area contributed by atoms with Crippen molar-refractivity contribution in [3.05, 3.63) is 58.4 Å². The minimum absolute atomic E-state index is 0.0314. The molecule has 1 aromatic carbocycles. The summed E-state index contributed by atoms with van der Waals surface area (Å²) in [5.74, 6) is -0.366. The van der Waals surface area contributed by atoms with Gasteiger partial charge in [-0.2, -0.15) is 5.10 Å². The van der Waals surface area contributed by atoms with E-state index >= 15 is 0 Å². The third kappa shape index (κ3) is 4.49. The lowest BCUT2D eigenvalue weighted by molar-refractivity contribution is -0.138. The first-order valence-electron chi connectivity index (χ1n) is 8.58. The third-order valence-corrected chi connectivity index (χ3v) is 5.58. The average molecular weight is 393 g/mol. The van der Waals surface area contributed by atoms with Crippen molar-refractivity contribution in [3.63, 3.8) is 0 Å². The average Bonchev–Trinajstić information content (AvgIpc) is 3.11. The van der Waals surface area contributed by atoms with Gasteiger partial charge in [-0.25, -0.2) is 4.79 Å². The molecule has 1 aromatic heterocycles. The maximum absolute atomic E-state index is 11.9. The van der Waals surface area contributed by atoms with Gasteiger partial charge >= 0.3 is 5.97 Å². The van der Waals surface area contributed by atoms with Gasteiger partial charge < -0.3 is 4.74 Å². The van der Waals surface area contributed by atoms with Crippen LogP contribution in [0.25, 0.3) is 6.08 Å². The van der Waals surface area contributed by atoms with Crippen LogP contribution in [0.2, 0.25) is 0 Å². The number of carbonyl (C=O) groups is 1. The molecule has 0 aliphatic heterocycles. The van der Waals surface area contributed by atoms with Gasteiger partial charge in [0.25, 0.3) is 0 Å². The number of benzene rings is 1. The molecule has 1 aliphatic carbocycles. The second-order valence-electron chi connectivity index (χ2n) is 6.85. The lowest BCUT2D eigenvalue weighted by Gasteiger charge is -2.05. The molecule has 1 fully saturated rings. The molecule has 138 valence electrons. The fraction of sp³-hybridized carbons (Fsp3) is 0.400. The van der Waals surface area contributed by atoms with Crippen molar-refractivity contribution in [1.82, 2.24) is 9.78 Å². The lowest BCUT2D eigenvalue weighted by Crippen LogP contribution is -2.06. The summed E-state index contributed by atoms with van der Waals surface area (Å²) in [7, 11) is 0. The van der Waals surface area contributed by atoms with E-state index in [1.165, 1.54) is 17.2 Å². The van der Waals surface area contributed by atoms with Crippen LogP contribution >= 0.6 is 23.2 Å². The molecule has 0 N–H and O–H groups in total. The van der Waals surface area contributed by atoms with Gasteiger partial charge in [0.05, 0.1) is 18.8 Å². The topological polar surface area (TPSA) is 44.1 Å². The van der Waals surface area contributed by atoms with Crippen molar-refractivity contribution in [2.45, 2.75) is 38.1 Å². The van der Waals surface area contributed by atoms with E-state index in [9.17, 15) is 4.79 Å². The molecule has 26 heavy (non-hydrogen) atoms. The summed E-state index contributed by atoms with van der Waals surface area (Å²) < 4.78 is 6.42. The van der Waals surface area contributed by atoms with Gasteiger partial charge in [0.2, 0.25) is 0 Å². The minimum Gasteiger partial charge on any atom is -0.462 e. The maximum atomic E-state index is 11.9. The summed E-state index contributed by atoms with van der Waals surface area (Å²) >= 11 is 11.9. The molecule has 1 aliphatic rings. The Balaban J connectivity index is 1.63.